The lowest BCUT2D eigenvalue weighted by Gasteiger charge is -2.50. The number of aromatic nitrogens is 3. The van der Waals surface area contributed by atoms with Crippen LogP contribution in [0.1, 0.15) is 71.1 Å². The van der Waals surface area contributed by atoms with Gasteiger partial charge in [-0.25, -0.2) is 4.98 Å². The average Bonchev–Trinajstić information content (AvgIpc) is 3.97. The molecule has 2 atom stereocenters. The van der Waals surface area contributed by atoms with E-state index in [0.29, 0.717) is 6.42 Å². The Kier molecular flexibility index (Phi) is 3.62. The first-order valence-corrected chi connectivity index (χ1v) is 17.5. The highest BCUT2D eigenvalue weighted by Gasteiger charge is 2.58. The molecule has 2 unspecified atom stereocenters. The quantitative estimate of drug-likeness (QED) is 0.182. The molecule has 1 fully saturated rings. The van der Waals surface area contributed by atoms with Crippen LogP contribution in [-0.4, -0.2) is 19.7 Å². The Hall–Kier alpha value is -6.13. The van der Waals surface area contributed by atoms with E-state index in [4.69, 9.17) is 22.8 Å². The van der Waals surface area contributed by atoms with Crippen molar-refractivity contribution in [1.29, 1.82) is 0 Å². The Morgan fingerprint density at radius 1 is 0.547 bits per heavy atom. The molecule has 2 aliphatic rings. The standard InChI is InChI=1S/C49H40N4/c1-48-29-15-16-30-49(48,2)53(45-28-14-8-22-39(45)48)47-32-33(31-46(50-47)52-43-26-12-6-20-37(43)38-21-7-13-27-44(38)52)34-17-3-9-23-40(34)51-41-24-10-4-18-35(41)36-19-5-11-25-42(36)51/h3-14,17-28,31-32H,15-16,29-30H2,1-2H3/i3D,4D,5D,6D,7D,9D,10D,11D,12D,13D,17D,18D,20D,21D,23D,24D,25D,26D,27D. The van der Waals surface area contributed by atoms with Gasteiger partial charge in [-0.05, 0) is 79.3 Å². The summed E-state index contributed by atoms with van der Waals surface area (Å²) < 4.78 is 174. The minimum atomic E-state index is -0.757. The van der Waals surface area contributed by atoms with Crippen LogP contribution >= 0.6 is 0 Å². The molecule has 6 aromatic carbocycles. The van der Waals surface area contributed by atoms with E-state index < -0.39 is 131 Å². The van der Waals surface area contributed by atoms with E-state index in [0.717, 1.165) is 35.1 Å². The molecule has 4 nitrogen and oxygen atoms in total. The number of fused-ring (bicyclic) bond motifs is 9. The third-order valence-corrected chi connectivity index (χ3v) is 11.6. The fraction of sp³-hybridized carbons (Fsp3) is 0.163. The minimum Gasteiger partial charge on any atom is -0.319 e. The zero-order chi connectivity index (χ0) is 51.8. The van der Waals surface area contributed by atoms with Crippen LogP contribution in [-0.2, 0) is 5.41 Å². The minimum absolute atomic E-state index is 0.0234. The van der Waals surface area contributed by atoms with Crippen LogP contribution in [0.4, 0.5) is 11.5 Å². The zero-order valence-corrected chi connectivity index (χ0v) is 28.7. The molecule has 4 heteroatoms. The lowest BCUT2D eigenvalue weighted by molar-refractivity contribution is 0.194. The Bertz CT molecular complexity index is 3920. The van der Waals surface area contributed by atoms with Crippen molar-refractivity contribution in [2.75, 3.05) is 4.90 Å². The molecule has 53 heavy (non-hydrogen) atoms. The highest BCUT2D eigenvalue weighted by molar-refractivity contribution is 6.10. The number of rotatable bonds is 4. The van der Waals surface area contributed by atoms with Gasteiger partial charge in [-0.3, -0.25) is 4.57 Å². The topological polar surface area (TPSA) is 26.0 Å². The molecule has 0 radical (unpaired) electrons. The van der Waals surface area contributed by atoms with E-state index in [1.165, 1.54) is 16.7 Å². The SMILES string of the molecule is [2H]c1cc2c3c([2H])c([2H])c([2H])c([2H])c3n(-c3c([2H])c([2H])c([2H])c([2H])c3-c3cc(N4c5ccccc5C5(C)CCCCC45C)nc(-n4c5c([2H])c([2H])c([2H])c([2H])c5c5c([2H])c([2H])c([2H])c([2H])c54)c3)c2c([2H])c1[2H]. The summed E-state index contributed by atoms with van der Waals surface area (Å²) in [4.78, 5) is 7.31. The van der Waals surface area contributed by atoms with Crippen LogP contribution in [0.2, 0.25) is 0 Å². The van der Waals surface area contributed by atoms with Gasteiger partial charge in [0.15, 0.2) is 0 Å². The molecule has 1 aliphatic carbocycles. The Morgan fingerprint density at radius 2 is 1.11 bits per heavy atom. The van der Waals surface area contributed by atoms with Crippen LogP contribution in [0.15, 0.2) is 157 Å². The predicted octanol–water partition coefficient (Wildman–Crippen LogP) is 12.7. The molecule has 9 aromatic rings. The monoisotopic (exact) mass is 703 g/mol. The molecule has 0 N–H and O–H groups in total. The molecule has 1 aliphatic heterocycles. The van der Waals surface area contributed by atoms with Crippen LogP contribution in [0.3, 0.4) is 0 Å². The number of hydrogen-bond donors (Lipinski definition) is 0. The zero-order valence-electron chi connectivity index (χ0n) is 47.7. The molecule has 4 heterocycles. The lowest BCUT2D eigenvalue weighted by Crippen LogP contribution is -2.54. The third-order valence-electron chi connectivity index (χ3n) is 11.6. The number of para-hydroxylation sites is 6. The van der Waals surface area contributed by atoms with Gasteiger partial charge in [-0.2, -0.15) is 0 Å². The van der Waals surface area contributed by atoms with Crippen molar-refractivity contribution in [3.63, 3.8) is 0 Å². The second kappa shape index (κ2) is 11.2. The number of hydrogen-bond acceptors (Lipinski definition) is 2. The highest BCUT2D eigenvalue weighted by Crippen LogP contribution is 2.60. The number of anilines is 2. The van der Waals surface area contributed by atoms with Crippen LogP contribution < -0.4 is 4.90 Å². The van der Waals surface area contributed by atoms with Crippen molar-refractivity contribution in [3.05, 3.63) is 163 Å². The largest absolute Gasteiger partial charge is 0.319 e. The fourth-order valence-corrected chi connectivity index (χ4v) is 8.97. The average molecular weight is 704 g/mol. The summed E-state index contributed by atoms with van der Waals surface area (Å²) in [5, 5.41) is -0.664. The second-order valence-electron chi connectivity index (χ2n) is 14.1. The summed E-state index contributed by atoms with van der Waals surface area (Å²) >= 11 is 0. The van der Waals surface area contributed by atoms with E-state index in [1.807, 2.05) is 29.2 Å². The summed E-state index contributed by atoms with van der Waals surface area (Å²) in [6.07, 6.45) is 3.18. The van der Waals surface area contributed by atoms with Crippen LogP contribution in [0.5, 0.6) is 0 Å². The first-order chi connectivity index (χ1) is 33.9. The molecule has 3 aromatic heterocycles. The molecule has 0 saturated heterocycles. The summed E-state index contributed by atoms with van der Waals surface area (Å²) in [5.41, 5.74) is -1.20. The van der Waals surface area contributed by atoms with Crippen molar-refractivity contribution in [3.8, 4) is 22.6 Å². The molecule has 0 bridgehead atoms. The number of benzene rings is 6. The third kappa shape index (κ3) is 4.15. The first kappa shape index (κ1) is 17.1. The van der Waals surface area contributed by atoms with Gasteiger partial charge < -0.3 is 9.47 Å². The number of pyridine rings is 1. The molecular formula is C49H40N4. The summed E-state index contributed by atoms with van der Waals surface area (Å²) in [6.45, 7) is 4.28. The van der Waals surface area contributed by atoms with Crippen LogP contribution in [0.25, 0.3) is 66.2 Å². The molecule has 0 spiro atoms. The Labute approximate surface area is 336 Å². The van der Waals surface area contributed by atoms with E-state index in [-0.39, 0.29) is 66.4 Å². The van der Waals surface area contributed by atoms with Gasteiger partial charge in [0.05, 0.1) is 59.3 Å². The molecular weight excluding hydrogens is 645 g/mol. The maximum Gasteiger partial charge on any atom is 0.140 e. The second-order valence-corrected chi connectivity index (χ2v) is 14.1. The molecule has 11 rings (SSSR count). The highest BCUT2D eigenvalue weighted by atomic mass is 15.3. The normalized spacial score (nSPS) is 24.7. The maximum absolute atomic E-state index is 9.77. The van der Waals surface area contributed by atoms with Gasteiger partial charge >= 0.3 is 0 Å². The molecule has 256 valence electrons. The van der Waals surface area contributed by atoms with Crippen molar-refractivity contribution in [1.82, 2.24) is 14.1 Å². The van der Waals surface area contributed by atoms with E-state index in [9.17, 15) is 8.22 Å². The van der Waals surface area contributed by atoms with Gasteiger partial charge in [0.2, 0.25) is 0 Å². The maximum atomic E-state index is 9.77. The summed E-state index contributed by atoms with van der Waals surface area (Å²) in [5.74, 6) is -0.00486. The van der Waals surface area contributed by atoms with Gasteiger partial charge in [0.25, 0.3) is 0 Å². The fourth-order valence-electron chi connectivity index (χ4n) is 8.97. The van der Waals surface area contributed by atoms with Gasteiger partial charge in [0, 0.05) is 38.2 Å². The first-order valence-electron chi connectivity index (χ1n) is 27.0. The summed E-state index contributed by atoms with van der Waals surface area (Å²) in [6, 6.07) is -0.101. The van der Waals surface area contributed by atoms with E-state index in [1.54, 1.807) is 6.07 Å². The van der Waals surface area contributed by atoms with Gasteiger partial charge in [-0.1, -0.05) is 129 Å². The van der Waals surface area contributed by atoms with Gasteiger partial charge in [-0.15, -0.1) is 0 Å². The van der Waals surface area contributed by atoms with Crippen molar-refractivity contribution >= 4 is 55.1 Å². The van der Waals surface area contributed by atoms with Crippen molar-refractivity contribution in [2.45, 2.75) is 50.5 Å². The number of nitrogens with zero attached hydrogens (tertiary/aromatic N) is 4. The lowest BCUT2D eigenvalue weighted by atomic mass is 9.61. The van der Waals surface area contributed by atoms with Gasteiger partial charge in [0.1, 0.15) is 11.6 Å². The Balaban J connectivity index is 1.38. The van der Waals surface area contributed by atoms with E-state index in [2.05, 4.69) is 13.8 Å². The molecule has 1 saturated carbocycles. The molecule has 0 amide bonds. The van der Waals surface area contributed by atoms with Crippen LogP contribution in [0, 0.1) is 0 Å². The summed E-state index contributed by atoms with van der Waals surface area (Å²) in [7, 11) is 0. The van der Waals surface area contributed by atoms with E-state index >= 15 is 0 Å². The smallest absolute Gasteiger partial charge is 0.140 e. The predicted molar refractivity (Wildman–Crippen MR) is 221 cm³/mol. The van der Waals surface area contributed by atoms with Crippen molar-refractivity contribution in [2.24, 2.45) is 0 Å². The Morgan fingerprint density at radius 3 is 1.87 bits per heavy atom. The van der Waals surface area contributed by atoms with Crippen molar-refractivity contribution < 1.29 is 26.0 Å².